The molecule has 3 atom stereocenters. The van der Waals surface area contributed by atoms with Gasteiger partial charge in [-0.05, 0) is 50.1 Å². The summed E-state index contributed by atoms with van der Waals surface area (Å²) in [6.45, 7) is 5.55. The van der Waals surface area contributed by atoms with Crippen LogP contribution in [0.25, 0.3) is 10.9 Å². The first kappa shape index (κ1) is 19.4. The summed E-state index contributed by atoms with van der Waals surface area (Å²) >= 11 is 0. The number of benzene rings is 2. The number of aromatic nitrogens is 1. The van der Waals surface area contributed by atoms with Gasteiger partial charge in [0.2, 0.25) is 5.91 Å². The highest BCUT2D eigenvalue weighted by Gasteiger charge is 2.41. The number of fused-ring (bicyclic) bond motifs is 6. The van der Waals surface area contributed by atoms with Crippen molar-refractivity contribution in [1.29, 1.82) is 0 Å². The van der Waals surface area contributed by atoms with Crippen LogP contribution < -0.4 is 5.32 Å². The van der Waals surface area contributed by atoms with E-state index < -0.39 is 0 Å². The van der Waals surface area contributed by atoms with Crippen molar-refractivity contribution in [2.24, 2.45) is 5.92 Å². The van der Waals surface area contributed by atoms with Gasteiger partial charge in [-0.1, -0.05) is 48.9 Å². The smallest absolute Gasteiger partial charge is 0.224 e. The van der Waals surface area contributed by atoms with Gasteiger partial charge in [0.1, 0.15) is 0 Å². The zero-order valence-corrected chi connectivity index (χ0v) is 18.2. The monoisotopic (exact) mass is 401 g/mol. The summed E-state index contributed by atoms with van der Waals surface area (Å²) in [6, 6.07) is 18.1. The van der Waals surface area contributed by atoms with Gasteiger partial charge in [-0.15, -0.1) is 0 Å². The molecule has 3 heterocycles. The molecule has 0 spiro atoms. The summed E-state index contributed by atoms with van der Waals surface area (Å²) in [7, 11) is 2.28. The summed E-state index contributed by atoms with van der Waals surface area (Å²) in [4.78, 5) is 15.4. The van der Waals surface area contributed by atoms with Crippen molar-refractivity contribution in [3.05, 3.63) is 70.9 Å². The van der Waals surface area contributed by atoms with Crippen LogP contribution in [0.3, 0.4) is 0 Å². The molecule has 3 unspecified atom stereocenters. The van der Waals surface area contributed by atoms with Gasteiger partial charge in [-0.2, -0.15) is 0 Å². The number of rotatable bonds is 5. The molecule has 0 saturated carbocycles. The first-order chi connectivity index (χ1) is 14.5. The molecule has 5 rings (SSSR count). The maximum Gasteiger partial charge on any atom is 0.224 e. The molecule has 1 amide bonds. The fraction of sp³-hybridized carbons (Fsp3) is 0.423. The minimum Gasteiger partial charge on any atom is -0.352 e. The predicted octanol–water partition coefficient (Wildman–Crippen LogP) is 4.59. The van der Waals surface area contributed by atoms with Crippen LogP contribution in [0.1, 0.15) is 48.2 Å². The van der Waals surface area contributed by atoms with Crippen LogP contribution in [0, 0.1) is 12.8 Å². The minimum absolute atomic E-state index is 0.0768. The standard InChI is InChI=1S/C26H31N3O/c1-17-9-11-22-21(13-17)25-23-12-10-20(28(23)3)14-24(25)29(22)16-18(2)26(30)27-15-19-7-5-4-6-8-19/h4-9,11,13,18,20,23H,10,12,14-16H2,1-3H3,(H,27,30). The van der Waals surface area contributed by atoms with Crippen molar-refractivity contribution < 1.29 is 4.79 Å². The van der Waals surface area contributed by atoms with Gasteiger partial charge in [0.25, 0.3) is 0 Å². The summed E-state index contributed by atoms with van der Waals surface area (Å²) in [5.41, 5.74) is 6.70. The quantitative estimate of drug-likeness (QED) is 0.679. The molecule has 30 heavy (non-hydrogen) atoms. The molecule has 1 N–H and O–H groups in total. The second-order valence-electron chi connectivity index (χ2n) is 9.21. The molecule has 0 radical (unpaired) electrons. The molecule has 2 aliphatic heterocycles. The number of nitrogens with one attached hydrogen (secondary N) is 1. The van der Waals surface area contributed by atoms with E-state index >= 15 is 0 Å². The second-order valence-corrected chi connectivity index (χ2v) is 9.21. The lowest BCUT2D eigenvalue weighted by molar-refractivity contribution is -0.125. The van der Waals surface area contributed by atoms with E-state index in [2.05, 4.69) is 66.0 Å². The normalized spacial score (nSPS) is 21.6. The molecule has 2 aromatic carbocycles. The van der Waals surface area contributed by atoms with E-state index in [1.54, 1.807) is 0 Å². The molecule has 1 fully saturated rings. The van der Waals surface area contributed by atoms with Crippen molar-refractivity contribution >= 4 is 16.8 Å². The molecule has 4 nitrogen and oxygen atoms in total. The summed E-state index contributed by atoms with van der Waals surface area (Å²) in [5.74, 6) is 0.0458. The van der Waals surface area contributed by atoms with Crippen LogP contribution in [0.2, 0.25) is 0 Å². The van der Waals surface area contributed by atoms with Crippen LogP contribution in [0.4, 0.5) is 0 Å². The largest absolute Gasteiger partial charge is 0.352 e. The van der Waals surface area contributed by atoms with Crippen LogP contribution >= 0.6 is 0 Å². The summed E-state index contributed by atoms with van der Waals surface area (Å²) < 4.78 is 2.45. The SMILES string of the molecule is Cc1ccc2c(c1)c1c(n2CC(C)C(=O)NCc2ccccc2)CC2CCC1N2C. The Labute approximate surface area is 178 Å². The number of carbonyl (C=O) groups is 1. The van der Waals surface area contributed by atoms with Gasteiger partial charge in [-0.3, -0.25) is 9.69 Å². The van der Waals surface area contributed by atoms with E-state index in [0.717, 1.165) is 18.5 Å². The third kappa shape index (κ3) is 3.24. The zero-order chi connectivity index (χ0) is 20.8. The average Bonchev–Trinajstić information content (AvgIpc) is 3.16. The Morgan fingerprint density at radius 2 is 1.97 bits per heavy atom. The number of carbonyl (C=O) groups excluding carboxylic acids is 1. The molecule has 3 aromatic rings. The third-order valence-electron chi connectivity index (χ3n) is 7.19. The maximum atomic E-state index is 12.9. The fourth-order valence-corrected chi connectivity index (χ4v) is 5.49. The number of likely N-dealkylation sites (N-methyl/N-ethyl adjacent to an activating group) is 1. The highest BCUT2D eigenvalue weighted by Crippen LogP contribution is 2.47. The van der Waals surface area contributed by atoms with E-state index in [4.69, 9.17) is 0 Å². The van der Waals surface area contributed by atoms with Crippen LogP contribution in [-0.4, -0.2) is 28.5 Å². The molecule has 2 bridgehead atoms. The number of hydrogen-bond donors (Lipinski definition) is 1. The zero-order valence-electron chi connectivity index (χ0n) is 18.2. The maximum absolute atomic E-state index is 12.9. The highest BCUT2D eigenvalue weighted by atomic mass is 16.1. The van der Waals surface area contributed by atoms with Crippen molar-refractivity contribution in [1.82, 2.24) is 14.8 Å². The lowest BCUT2D eigenvalue weighted by atomic mass is 9.97. The minimum atomic E-state index is -0.0768. The van der Waals surface area contributed by atoms with Crippen LogP contribution in [-0.2, 0) is 24.3 Å². The highest BCUT2D eigenvalue weighted by molar-refractivity contribution is 5.87. The van der Waals surface area contributed by atoms with E-state index in [9.17, 15) is 4.79 Å². The molecule has 2 aliphatic rings. The Balaban J connectivity index is 1.43. The van der Waals surface area contributed by atoms with E-state index in [-0.39, 0.29) is 11.8 Å². The molecule has 0 aliphatic carbocycles. The Kier molecular flexibility index (Phi) is 4.90. The molecule has 156 valence electrons. The first-order valence-electron chi connectivity index (χ1n) is 11.2. The molecular formula is C26H31N3O. The van der Waals surface area contributed by atoms with Gasteiger partial charge < -0.3 is 9.88 Å². The van der Waals surface area contributed by atoms with Crippen LogP contribution in [0.15, 0.2) is 48.5 Å². The van der Waals surface area contributed by atoms with Gasteiger partial charge in [-0.25, -0.2) is 0 Å². The fourth-order valence-electron chi connectivity index (χ4n) is 5.49. The third-order valence-corrected chi connectivity index (χ3v) is 7.19. The van der Waals surface area contributed by atoms with E-state index in [1.807, 2.05) is 18.2 Å². The Bertz CT molecular complexity index is 1080. The van der Waals surface area contributed by atoms with Crippen molar-refractivity contribution in [3.8, 4) is 0 Å². The number of nitrogens with zero attached hydrogens (tertiary/aromatic N) is 2. The Morgan fingerprint density at radius 1 is 1.17 bits per heavy atom. The Morgan fingerprint density at radius 3 is 2.77 bits per heavy atom. The summed E-state index contributed by atoms with van der Waals surface area (Å²) in [5, 5.41) is 4.51. The van der Waals surface area contributed by atoms with Gasteiger partial charge in [0, 0.05) is 48.2 Å². The number of hydrogen-bond acceptors (Lipinski definition) is 2. The molecule has 1 aromatic heterocycles. The van der Waals surface area contributed by atoms with E-state index in [0.29, 0.717) is 18.6 Å². The lowest BCUT2D eigenvalue weighted by Crippen LogP contribution is -2.36. The number of amides is 1. The van der Waals surface area contributed by atoms with Gasteiger partial charge in [0.15, 0.2) is 0 Å². The lowest BCUT2D eigenvalue weighted by Gasteiger charge is -2.32. The molecular weight excluding hydrogens is 370 g/mol. The first-order valence-corrected chi connectivity index (χ1v) is 11.2. The van der Waals surface area contributed by atoms with E-state index in [1.165, 1.54) is 40.6 Å². The Hall–Kier alpha value is -2.59. The van der Waals surface area contributed by atoms with Crippen molar-refractivity contribution in [3.63, 3.8) is 0 Å². The molecule has 1 saturated heterocycles. The average molecular weight is 402 g/mol. The van der Waals surface area contributed by atoms with Gasteiger partial charge in [0.05, 0.1) is 5.92 Å². The summed E-state index contributed by atoms with van der Waals surface area (Å²) in [6.07, 6.45) is 3.61. The second kappa shape index (κ2) is 7.59. The number of aryl methyl sites for hydroxylation is 1. The molecule has 4 heteroatoms. The van der Waals surface area contributed by atoms with Crippen molar-refractivity contribution in [2.75, 3.05) is 7.05 Å². The predicted molar refractivity (Wildman–Crippen MR) is 121 cm³/mol. The topological polar surface area (TPSA) is 37.3 Å². The van der Waals surface area contributed by atoms with Crippen molar-refractivity contribution in [2.45, 2.75) is 58.3 Å². The van der Waals surface area contributed by atoms with Crippen LogP contribution in [0.5, 0.6) is 0 Å². The van der Waals surface area contributed by atoms with Gasteiger partial charge >= 0.3 is 0 Å².